The number of hydrogen-bond acceptors (Lipinski definition) is 4. The molecule has 0 saturated carbocycles. The summed E-state index contributed by atoms with van der Waals surface area (Å²) in [5.74, 6) is 1.02. The monoisotopic (exact) mass is 386 g/mol. The molecular weight excluding hydrogens is 368 g/mol. The summed E-state index contributed by atoms with van der Waals surface area (Å²) in [7, 11) is 1.57. The van der Waals surface area contributed by atoms with Gasteiger partial charge in [-0.2, -0.15) is 4.68 Å². The number of urea groups is 1. The number of carbonyl (C=O) groups is 1. The minimum atomic E-state index is -0.563. The Balaban J connectivity index is 1.72. The number of ether oxygens (including phenoxy) is 1. The largest absolute Gasteiger partial charge is 0.497 e. The summed E-state index contributed by atoms with van der Waals surface area (Å²) in [6.45, 7) is 0. The molecule has 0 unspecified atom stereocenters. The Morgan fingerprint density at radius 3 is 2.34 bits per heavy atom. The summed E-state index contributed by atoms with van der Waals surface area (Å²) in [4.78, 5) is 30.2. The number of nitrogens with one attached hydrogen (secondary N) is 2. The molecule has 144 valence electrons. The fourth-order valence-corrected chi connectivity index (χ4v) is 2.95. The molecule has 29 heavy (non-hydrogen) atoms. The van der Waals surface area contributed by atoms with E-state index in [0.717, 1.165) is 4.68 Å². The van der Waals surface area contributed by atoms with E-state index in [9.17, 15) is 9.59 Å². The first-order valence-electron chi connectivity index (χ1n) is 8.95. The Kier molecular flexibility index (Phi) is 4.94. The first-order valence-corrected chi connectivity index (χ1v) is 8.95. The Bertz CT molecular complexity index is 1220. The number of hydrogen-bond donors (Lipinski definition) is 2. The number of methoxy groups -OCH3 is 1. The summed E-state index contributed by atoms with van der Waals surface area (Å²) in [6, 6.07) is 22.6. The third-order valence-electron chi connectivity index (χ3n) is 4.37. The maximum atomic E-state index is 13.1. The van der Waals surface area contributed by atoms with E-state index in [1.807, 2.05) is 36.4 Å². The first kappa shape index (κ1) is 18.2. The highest BCUT2D eigenvalue weighted by molar-refractivity contribution is 5.95. The van der Waals surface area contributed by atoms with Gasteiger partial charge in [0.1, 0.15) is 5.75 Å². The molecule has 0 saturated heterocycles. The Labute approximate surface area is 166 Å². The molecule has 0 radical (unpaired) electrons. The SMILES string of the molecule is COc1ccc(NC(=O)Nn2c(-c3ccccc3)nc3ccccc3c2=O)cc1. The third-order valence-corrected chi connectivity index (χ3v) is 4.37. The van der Waals surface area contributed by atoms with Gasteiger partial charge < -0.3 is 10.1 Å². The van der Waals surface area contributed by atoms with Crippen molar-refractivity contribution in [3.05, 3.63) is 89.2 Å². The van der Waals surface area contributed by atoms with Gasteiger partial charge in [0.25, 0.3) is 5.56 Å². The smallest absolute Gasteiger partial charge is 0.338 e. The van der Waals surface area contributed by atoms with Gasteiger partial charge >= 0.3 is 6.03 Å². The molecule has 0 aliphatic heterocycles. The summed E-state index contributed by atoms with van der Waals surface area (Å²) in [5, 5.41) is 3.12. The molecule has 0 aliphatic rings. The number of rotatable bonds is 4. The molecule has 0 fully saturated rings. The minimum absolute atomic E-state index is 0.346. The van der Waals surface area contributed by atoms with Crippen LogP contribution in [0.25, 0.3) is 22.3 Å². The molecule has 4 rings (SSSR count). The Morgan fingerprint density at radius 2 is 1.62 bits per heavy atom. The van der Waals surface area contributed by atoms with Crippen LogP contribution in [0.2, 0.25) is 0 Å². The topological polar surface area (TPSA) is 85.2 Å². The number of nitrogens with zero attached hydrogens (tertiary/aromatic N) is 2. The summed E-state index contributed by atoms with van der Waals surface area (Å²) in [6.07, 6.45) is 0. The number of benzene rings is 3. The van der Waals surface area contributed by atoms with Crippen LogP contribution in [0.1, 0.15) is 0 Å². The van der Waals surface area contributed by atoms with E-state index < -0.39 is 6.03 Å². The Morgan fingerprint density at radius 1 is 0.931 bits per heavy atom. The zero-order chi connectivity index (χ0) is 20.2. The van der Waals surface area contributed by atoms with Crippen LogP contribution < -0.4 is 21.0 Å². The van der Waals surface area contributed by atoms with Crippen molar-refractivity contribution in [3.8, 4) is 17.1 Å². The lowest BCUT2D eigenvalue weighted by molar-refractivity contribution is 0.259. The number of aromatic nitrogens is 2. The zero-order valence-corrected chi connectivity index (χ0v) is 15.6. The molecule has 7 nitrogen and oxygen atoms in total. The molecular formula is C22H18N4O3. The molecule has 0 spiro atoms. The minimum Gasteiger partial charge on any atom is -0.497 e. The number of amides is 2. The van der Waals surface area contributed by atoms with Crippen molar-refractivity contribution < 1.29 is 9.53 Å². The maximum absolute atomic E-state index is 13.1. The van der Waals surface area contributed by atoms with E-state index in [0.29, 0.717) is 33.7 Å². The van der Waals surface area contributed by atoms with E-state index >= 15 is 0 Å². The second kappa shape index (κ2) is 7.85. The fraction of sp³-hybridized carbons (Fsp3) is 0.0455. The van der Waals surface area contributed by atoms with Crippen LogP contribution in [-0.4, -0.2) is 22.8 Å². The lowest BCUT2D eigenvalue weighted by atomic mass is 10.2. The van der Waals surface area contributed by atoms with Gasteiger partial charge in [-0.05, 0) is 36.4 Å². The average molecular weight is 386 g/mol. The molecule has 0 aliphatic carbocycles. The van der Waals surface area contributed by atoms with E-state index in [2.05, 4.69) is 15.7 Å². The van der Waals surface area contributed by atoms with Crippen LogP contribution >= 0.6 is 0 Å². The molecule has 1 heterocycles. The normalized spacial score (nSPS) is 10.5. The zero-order valence-electron chi connectivity index (χ0n) is 15.6. The van der Waals surface area contributed by atoms with E-state index in [1.54, 1.807) is 49.6 Å². The number of fused-ring (bicyclic) bond motifs is 1. The lowest BCUT2D eigenvalue weighted by Crippen LogP contribution is -2.37. The number of carbonyl (C=O) groups excluding carboxylic acids is 1. The van der Waals surface area contributed by atoms with Crippen molar-refractivity contribution >= 4 is 22.6 Å². The molecule has 4 aromatic rings. The van der Waals surface area contributed by atoms with Gasteiger partial charge in [-0.1, -0.05) is 42.5 Å². The van der Waals surface area contributed by atoms with Crippen LogP contribution in [0.5, 0.6) is 5.75 Å². The van der Waals surface area contributed by atoms with E-state index in [4.69, 9.17) is 4.74 Å². The second-order valence-corrected chi connectivity index (χ2v) is 6.25. The van der Waals surface area contributed by atoms with Gasteiger partial charge in [0, 0.05) is 11.3 Å². The van der Waals surface area contributed by atoms with Gasteiger partial charge in [0.15, 0.2) is 5.82 Å². The predicted octanol–water partition coefficient (Wildman–Crippen LogP) is 3.85. The van der Waals surface area contributed by atoms with Crippen molar-refractivity contribution in [3.63, 3.8) is 0 Å². The fourth-order valence-electron chi connectivity index (χ4n) is 2.95. The van der Waals surface area contributed by atoms with Crippen molar-refractivity contribution in [1.82, 2.24) is 9.66 Å². The van der Waals surface area contributed by atoms with Crippen molar-refractivity contribution in [1.29, 1.82) is 0 Å². The molecule has 0 bridgehead atoms. The highest BCUT2D eigenvalue weighted by Gasteiger charge is 2.15. The third kappa shape index (κ3) is 3.79. The number of anilines is 1. The summed E-state index contributed by atoms with van der Waals surface area (Å²) < 4.78 is 6.27. The van der Waals surface area contributed by atoms with Crippen molar-refractivity contribution in [2.75, 3.05) is 17.9 Å². The van der Waals surface area contributed by atoms with Gasteiger partial charge in [0.2, 0.25) is 0 Å². The van der Waals surface area contributed by atoms with E-state index in [-0.39, 0.29) is 5.56 Å². The van der Waals surface area contributed by atoms with Gasteiger partial charge in [-0.3, -0.25) is 4.79 Å². The summed E-state index contributed by atoms with van der Waals surface area (Å²) >= 11 is 0. The molecule has 1 aromatic heterocycles. The molecule has 7 heteroatoms. The first-order chi connectivity index (χ1) is 14.2. The van der Waals surface area contributed by atoms with Crippen molar-refractivity contribution in [2.24, 2.45) is 0 Å². The van der Waals surface area contributed by atoms with Gasteiger partial charge in [-0.15, -0.1) is 0 Å². The van der Waals surface area contributed by atoms with Crippen LogP contribution in [-0.2, 0) is 0 Å². The highest BCUT2D eigenvalue weighted by atomic mass is 16.5. The summed E-state index contributed by atoms with van der Waals surface area (Å²) in [5.41, 5.74) is 4.08. The van der Waals surface area contributed by atoms with Crippen LogP contribution in [0.4, 0.5) is 10.5 Å². The predicted molar refractivity (Wildman–Crippen MR) is 113 cm³/mol. The van der Waals surface area contributed by atoms with Crippen LogP contribution in [0, 0.1) is 0 Å². The average Bonchev–Trinajstić information content (AvgIpc) is 2.77. The lowest BCUT2D eigenvalue weighted by Gasteiger charge is -2.15. The van der Waals surface area contributed by atoms with Gasteiger partial charge in [-0.25, -0.2) is 15.2 Å². The van der Waals surface area contributed by atoms with Crippen LogP contribution in [0.15, 0.2) is 83.7 Å². The van der Waals surface area contributed by atoms with Crippen LogP contribution in [0.3, 0.4) is 0 Å². The van der Waals surface area contributed by atoms with E-state index in [1.165, 1.54) is 0 Å². The van der Waals surface area contributed by atoms with Gasteiger partial charge in [0.05, 0.1) is 18.0 Å². The molecule has 2 N–H and O–H groups in total. The maximum Gasteiger partial charge on any atom is 0.338 e. The van der Waals surface area contributed by atoms with Crippen molar-refractivity contribution in [2.45, 2.75) is 0 Å². The number of para-hydroxylation sites is 1. The Hall–Kier alpha value is -4.13. The second-order valence-electron chi connectivity index (χ2n) is 6.25. The quantitative estimate of drug-likeness (QED) is 0.558. The molecule has 0 atom stereocenters. The molecule has 3 aromatic carbocycles. The highest BCUT2D eigenvalue weighted by Crippen LogP contribution is 2.18. The standard InChI is InChI=1S/C22H18N4O3/c1-29-17-13-11-16(12-14-17)23-22(28)25-26-20(15-7-3-2-4-8-15)24-19-10-6-5-9-18(19)21(26)27/h2-14H,1H3,(H2,23,25,28). The molecule has 2 amide bonds.